The summed E-state index contributed by atoms with van der Waals surface area (Å²) in [4.78, 5) is 30.4. The van der Waals surface area contributed by atoms with Gasteiger partial charge in [-0.05, 0) is 56.4 Å². The Morgan fingerprint density at radius 3 is 2.60 bits per heavy atom. The van der Waals surface area contributed by atoms with Gasteiger partial charge in [-0.2, -0.15) is 0 Å². The molecule has 6 heteroatoms. The SMILES string of the molecule is C[C@@H](OC(=O)c1c2c(nc3ccccc13)CCCCC2)C(=O)Nc1ccccc1F. The van der Waals surface area contributed by atoms with Crippen LogP contribution in [-0.4, -0.2) is 23.0 Å². The molecule has 0 unspecified atom stereocenters. The highest BCUT2D eigenvalue weighted by molar-refractivity contribution is 6.06. The summed E-state index contributed by atoms with van der Waals surface area (Å²) in [6.45, 7) is 1.48. The lowest BCUT2D eigenvalue weighted by Crippen LogP contribution is -2.30. The fourth-order valence-corrected chi connectivity index (χ4v) is 3.85. The van der Waals surface area contributed by atoms with E-state index in [0.29, 0.717) is 5.56 Å². The molecule has 0 radical (unpaired) electrons. The van der Waals surface area contributed by atoms with Gasteiger partial charge >= 0.3 is 5.97 Å². The quantitative estimate of drug-likeness (QED) is 0.498. The van der Waals surface area contributed by atoms with Crippen LogP contribution in [0.25, 0.3) is 10.9 Å². The highest BCUT2D eigenvalue weighted by atomic mass is 19.1. The second-order valence-electron chi connectivity index (χ2n) is 7.51. The number of halogens is 1. The number of hydrogen-bond acceptors (Lipinski definition) is 4. The number of aryl methyl sites for hydroxylation is 1. The maximum atomic E-state index is 13.8. The van der Waals surface area contributed by atoms with Gasteiger partial charge in [0.15, 0.2) is 6.10 Å². The van der Waals surface area contributed by atoms with E-state index in [-0.39, 0.29) is 5.69 Å². The smallest absolute Gasteiger partial charge is 0.339 e. The average Bonchev–Trinajstić information content (AvgIpc) is 2.98. The monoisotopic (exact) mass is 406 g/mol. The third kappa shape index (κ3) is 4.03. The topological polar surface area (TPSA) is 68.3 Å². The molecule has 1 aliphatic carbocycles. The van der Waals surface area contributed by atoms with Crippen molar-refractivity contribution in [1.82, 2.24) is 4.98 Å². The van der Waals surface area contributed by atoms with Gasteiger partial charge in [0.2, 0.25) is 0 Å². The van der Waals surface area contributed by atoms with Crippen molar-refractivity contribution in [3.05, 3.63) is 71.2 Å². The van der Waals surface area contributed by atoms with Crippen LogP contribution < -0.4 is 5.32 Å². The highest BCUT2D eigenvalue weighted by Gasteiger charge is 2.26. The first-order valence-corrected chi connectivity index (χ1v) is 10.2. The number of nitrogens with zero attached hydrogens (tertiary/aromatic N) is 1. The molecule has 1 heterocycles. The number of carbonyl (C=O) groups is 2. The Morgan fingerprint density at radius 1 is 1.03 bits per heavy atom. The summed E-state index contributed by atoms with van der Waals surface area (Å²) in [7, 11) is 0. The number of nitrogens with one attached hydrogen (secondary N) is 1. The number of carbonyl (C=O) groups excluding carboxylic acids is 2. The van der Waals surface area contributed by atoms with E-state index in [1.807, 2.05) is 24.3 Å². The number of para-hydroxylation sites is 2. The Labute approximate surface area is 174 Å². The maximum Gasteiger partial charge on any atom is 0.339 e. The summed E-state index contributed by atoms with van der Waals surface area (Å²) in [6.07, 6.45) is 3.61. The van der Waals surface area contributed by atoms with Gasteiger partial charge in [0.05, 0.1) is 16.8 Å². The number of aromatic nitrogens is 1. The Kier molecular flexibility index (Phi) is 5.74. The molecule has 1 amide bonds. The van der Waals surface area contributed by atoms with Crippen molar-refractivity contribution >= 4 is 28.5 Å². The van der Waals surface area contributed by atoms with Crippen LogP contribution in [0, 0.1) is 5.82 Å². The van der Waals surface area contributed by atoms with Gasteiger partial charge in [0.1, 0.15) is 5.82 Å². The molecule has 1 aromatic heterocycles. The molecule has 1 N–H and O–H groups in total. The number of benzene rings is 2. The number of fused-ring (bicyclic) bond motifs is 2. The first-order valence-electron chi connectivity index (χ1n) is 10.2. The minimum Gasteiger partial charge on any atom is -0.449 e. The zero-order valence-corrected chi connectivity index (χ0v) is 16.8. The number of anilines is 1. The maximum absolute atomic E-state index is 13.8. The van der Waals surface area contributed by atoms with Gasteiger partial charge < -0.3 is 10.1 Å². The van der Waals surface area contributed by atoms with Crippen molar-refractivity contribution in [2.24, 2.45) is 0 Å². The molecular weight excluding hydrogens is 383 g/mol. The molecule has 0 saturated heterocycles. The van der Waals surface area contributed by atoms with Crippen LogP contribution in [-0.2, 0) is 22.4 Å². The Morgan fingerprint density at radius 2 is 1.77 bits per heavy atom. The molecule has 2 aromatic carbocycles. The van der Waals surface area contributed by atoms with Crippen LogP contribution in [0.5, 0.6) is 0 Å². The number of amides is 1. The predicted octanol–water partition coefficient (Wildman–Crippen LogP) is 4.83. The largest absolute Gasteiger partial charge is 0.449 e. The molecule has 5 nitrogen and oxygen atoms in total. The van der Waals surface area contributed by atoms with Crippen LogP contribution in [0.2, 0.25) is 0 Å². The van der Waals surface area contributed by atoms with Crippen molar-refractivity contribution in [1.29, 1.82) is 0 Å². The minimum absolute atomic E-state index is 0.0497. The molecule has 0 aliphatic heterocycles. The van der Waals surface area contributed by atoms with Crippen molar-refractivity contribution in [2.45, 2.75) is 45.1 Å². The fraction of sp³-hybridized carbons (Fsp3) is 0.292. The summed E-state index contributed by atoms with van der Waals surface area (Å²) in [5.74, 6) is -1.68. The second kappa shape index (κ2) is 8.61. The summed E-state index contributed by atoms with van der Waals surface area (Å²) in [6, 6.07) is 13.3. The van der Waals surface area contributed by atoms with E-state index in [1.165, 1.54) is 25.1 Å². The number of pyridine rings is 1. The predicted molar refractivity (Wildman–Crippen MR) is 113 cm³/mol. The lowest BCUT2D eigenvalue weighted by atomic mass is 9.97. The Balaban J connectivity index is 1.62. The minimum atomic E-state index is -1.08. The van der Waals surface area contributed by atoms with Crippen LogP contribution in [0.4, 0.5) is 10.1 Å². The molecule has 0 bridgehead atoms. The van der Waals surface area contributed by atoms with Gasteiger partial charge in [-0.15, -0.1) is 0 Å². The second-order valence-corrected chi connectivity index (χ2v) is 7.51. The Bertz CT molecular complexity index is 1110. The van der Waals surface area contributed by atoms with Gasteiger partial charge in [-0.25, -0.2) is 9.18 Å². The first-order chi connectivity index (χ1) is 14.5. The normalized spacial score (nSPS) is 14.5. The van der Waals surface area contributed by atoms with Crippen LogP contribution in [0.15, 0.2) is 48.5 Å². The van der Waals surface area contributed by atoms with Crippen LogP contribution in [0.3, 0.4) is 0 Å². The van der Waals surface area contributed by atoms with Crippen LogP contribution in [0.1, 0.15) is 47.8 Å². The van der Waals surface area contributed by atoms with E-state index in [2.05, 4.69) is 5.32 Å². The molecule has 3 aromatic rings. The van der Waals surface area contributed by atoms with Crippen molar-refractivity contribution < 1.29 is 18.7 Å². The van der Waals surface area contributed by atoms with E-state index >= 15 is 0 Å². The molecule has 154 valence electrons. The summed E-state index contributed by atoms with van der Waals surface area (Å²) in [5.41, 5.74) is 3.13. The molecule has 1 aliphatic rings. The van der Waals surface area contributed by atoms with E-state index in [1.54, 1.807) is 6.07 Å². The standard InChI is InChI=1S/C24H23FN2O3/c1-15(23(28)27-21-14-8-6-11-18(21)25)30-24(29)22-16-9-3-2-4-12-19(16)26-20-13-7-5-10-17(20)22/h5-8,10-11,13-15H,2-4,9,12H2,1H3,(H,27,28)/t15-/m1/s1. The van der Waals surface area contributed by atoms with E-state index in [0.717, 1.165) is 54.3 Å². The molecule has 0 spiro atoms. The van der Waals surface area contributed by atoms with E-state index in [9.17, 15) is 14.0 Å². The lowest BCUT2D eigenvalue weighted by molar-refractivity contribution is -0.123. The zero-order chi connectivity index (χ0) is 21.1. The fourth-order valence-electron chi connectivity index (χ4n) is 3.85. The van der Waals surface area contributed by atoms with Crippen molar-refractivity contribution in [2.75, 3.05) is 5.32 Å². The average molecular weight is 406 g/mol. The first kappa shape index (κ1) is 20.0. The molecule has 0 fully saturated rings. The highest BCUT2D eigenvalue weighted by Crippen LogP contribution is 2.29. The third-order valence-corrected chi connectivity index (χ3v) is 5.41. The summed E-state index contributed by atoms with van der Waals surface area (Å²) in [5, 5.41) is 3.20. The van der Waals surface area contributed by atoms with Gasteiger partial charge in [0, 0.05) is 11.1 Å². The number of esters is 1. The summed E-state index contributed by atoms with van der Waals surface area (Å²) < 4.78 is 19.3. The molecule has 1 atom stereocenters. The van der Waals surface area contributed by atoms with Crippen molar-refractivity contribution in [3.63, 3.8) is 0 Å². The summed E-state index contributed by atoms with van der Waals surface area (Å²) >= 11 is 0. The molecule has 0 saturated carbocycles. The van der Waals surface area contributed by atoms with E-state index in [4.69, 9.17) is 9.72 Å². The number of rotatable bonds is 4. The van der Waals surface area contributed by atoms with Crippen LogP contribution >= 0.6 is 0 Å². The molecule has 4 rings (SSSR count). The van der Waals surface area contributed by atoms with Gasteiger partial charge in [-0.3, -0.25) is 9.78 Å². The third-order valence-electron chi connectivity index (χ3n) is 5.41. The van der Waals surface area contributed by atoms with Gasteiger partial charge in [-0.1, -0.05) is 36.8 Å². The van der Waals surface area contributed by atoms with Gasteiger partial charge in [0.25, 0.3) is 5.91 Å². The number of hydrogen-bond donors (Lipinski definition) is 1. The van der Waals surface area contributed by atoms with E-state index < -0.39 is 23.8 Å². The zero-order valence-electron chi connectivity index (χ0n) is 16.8. The Hall–Kier alpha value is -3.28. The molecular formula is C24H23FN2O3. The lowest BCUT2D eigenvalue weighted by Gasteiger charge is -2.18. The number of ether oxygens (including phenoxy) is 1. The van der Waals surface area contributed by atoms with Crippen molar-refractivity contribution in [3.8, 4) is 0 Å². The molecule has 30 heavy (non-hydrogen) atoms.